The summed E-state index contributed by atoms with van der Waals surface area (Å²) in [4.78, 5) is 2.14. The maximum Gasteiger partial charge on any atom is 0.0848 e. The highest BCUT2D eigenvalue weighted by molar-refractivity contribution is 9.15. The van der Waals surface area contributed by atoms with Gasteiger partial charge in [-0.1, -0.05) is 0 Å². The summed E-state index contributed by atoms with van der Waals surface area (Å²) in [7, 11) is 4.12. The van der Waals surface area contributed by atoms with E-state index in [0.717, 1.165) is 41.9 Å². The fraction of sp³-hybridized carbons (Fsp3) is 0.364. The van der Waals surface area contributed by atoms with Gasteiger partial charge in [0.15, 0.2) is 0 Å². The van der Waals surface area contributed by atoms with Crippen LogP contribution >= 0.6 is 63.7 Å². The number of aromatic nitrogens is 2. The van der Waals surface area contributed by atoms with Crippen LogP contribution in [0.15, 0.2) is 24.1 Å². The number of rotatable bonds is 3. The summed E-state index contributed by atoms with van der Waals surface area (Å²) in [5, 5.41) is 5.55. The Kier molecular flexibility index (Phi) is 4.91. The molecule has 2 aromatic rings. The lowest BCUT2D eigenvalue weighted by Crippen LogP contribution is -2.19. The fourth-order valence-corrected chi connectivity index (χ4v) is 4.09. The van der Waals surface area contributed by atoms with Crippen LogP contribution in [0.3, 0.4) is 0 Å². The second kappa shape index (κ2) is 5.91. The molecule has 0 amide bonds. The number of nitrogens with zero attached hydrogens (tertiary/aromatic N) is 3. The van der Waals surface area contributed by atoms with E-state index in [1.807, 2.05) is 10.9 Å². The van der Waals surface area contributed by atoms with Gasteiger partial charge >= 0.3 is 0 Å². The molecule has 0 atom stereocenters. The molecule has 18 heavy (non-hydrogen) atoms. The van der Waals surface area contributed by atoms with Crippen LogP contribution in [0.1, 0.15) is 0 Å². The molecule has 0 saturated heterocycles. The third-order valence-electron chi connectivity index (χ3n) is 2.62. The van der Waals surface area contributed by atoms with Gasteiger partial charge in [0.1, 0.15) is 0 Å². The summed E-state index contributed by atoms with van der Waals surface area (Å²) >= 11 is 14.4. The van der Waals surface area contributed by atoms with Crippen molar-refractivity contribution < 1.29 is 0 Å². The number of halogens is 4. The molecule has 0 aliphatic rings. The molecular formula is C11H11Br4N3. The number of benzene rings is 1. The highest BCUT2D eigenvalue weighted by Gasteiger charge is 2.17. The Morgan fingerprint density at radius 2 is 1.67 bits per heavy atom. The van der Waals surface area contributed by atoms with E-state index in [1.54, 1.807) is 0 Å². The summed E-state index contributed by atoms with van der Waals surface area (Å²) < 4.78 is 6.04. The average Bonchev–Trinajstić information content (AvgIpc) is 2.75. The molecule has 0 bridgehead atoms. The Balaban J connectivity index is 2.58. The zero-order valence-corrected chi connectivity index (χ0v) is 16.2. The van der Waals surface area contributed by atoms with Gasteiger partial charge in [-0.05, 0) is 77.8 Å². The summed E-state index contributed by atoms with van der Waals surface area (Å²) in [5.41, 5.74) is 1.10. The molecule has 0 saturated carbocycles. The number of likely N-dealkylation sites (N-methyl/N-ethyl adjacent to an activating group) is 1. The number of fused-ring (bicyclic) bond motifs is 1. The molecule has 1 aromatic carbocycles. The molecule has 0 aliphatic carbocycles. The molecule has 1 heterocycles. The van der Waals surface area contributed by atoms with E-state index in [2.05, 4.69) is 87.8 Å². The van der Waals surface area contributed by atoms with Crippen molar-refractivity contribution in [2.24, 2.45) is 0 Å². The van der Waals surface area contributed by atoms with Crippen molar-refractivity contribution in [3.8, 4) is 0 Å². The molecule has 0 unspecified atom stereocenters. The van der Waals surface area contributed by atoms with Gasteiger partial charge in [0, 0.05) is 25.3 Å². The molecular weight excluding hydrogens is 494 g/mol. The summed E-state index contributed by atoms with van der Waals surface area (Å²) in [6, 6.07) is 0. The van der Waals surface area contributed by atoms with Crippen molar-refractivity contribution in [1.82, 2.24) is 14.7 Å². The van der Waals surface area contributed by atoms with Crippen LogP contribution in [0.25, 0.3) is 10.9 Å². The topological polar surface area (TPSA) is 21.1 Å². The molecule has 1 aromatic heterocycles. The van der Waals surface area contributed by atoms with Crippen molar-refractivity contribution >= 4 is 74.6 Å². The van der Waals surface area contributed by atoms with Crippen LogP contribution < -0.4 is 0 Å². The minimum absolute atomic E-state index is 0.857. The van der Waals surface area contributed by atoms with Crippen molar-refractivity contribution in [3.05, 3.63) is 24.1 Å². The van der Waals surface area contributed by atoms with Crippen LogP contribution in [0, 0.1) is 0 Å². The Morgan fingerprint density at radius 3 is 2.28 bits per heavy atom. The largest absolute Gasteiger partial charge is 0.308 e. The summed E-state index contributed by atoms with van der Waals surface area (Å²) in [6.07, 6.45) is 1.89. The molecule has 0 radical (unpaired) electrons. The third kappa shape index (κ3) is 2.70. The van der Waals surface area contributed by atoms with Crippen molar-refractivity contribution in [3.63, 3.8) is 0 Å². The predicted molar refractivity (Wildman–Crippen MR) is 89.1 cm³/mol. The molecule has 0 fully saturated rings. The standard InChI is InChI=1S/C11H11Br4N3/c1-17(2)3-4-18-11-6(5-16-18)7(12)8(13)9(14)10(11)15/h5H,3-4H2,1-2H3. The molecule has 2 rings (SSSR count). The Morgan fingerprint density at radius 1 is 1.06 bits per heavy atom. The van der Waals surface area contributed by atoms with E-state index in [0.29, 0.717) is 0 Å². The predicted octanol–water partition coefficient (Wildman–Crippen LogP) is 4.65. The van der Waals surface area contributed by atoms with Gasteiger partial charge in [0.2, 0.25) is 0 Å². The number of hydrogen-bond donors (Lipinski definition) is 0. The molecule has 0 aliphatic heterocycles. The first kappa shape index (κ1) is 15.0. The van der Waals surface area contributed by atoms with Crippen molar-refractivity contribution in [2.45, 2.75) is 6.54 Å². The van der Waals surface area contributed by atoms with E-state index >= 15 is 0 Å². The zero-order chi connectivity index (χ0) is 13.4. The Hall–Kier alpha value is 0.570. The lowest BCUT2D eigenvalue weighted by atomic mass is 10.2. The maximum absolute atomic E-state index is 4.46. The first-order valence-corrected chi connectivity index (χ1v) is 8.43. The average molecular weight is 505 g/mol. The first-order chi connectivity index (χ1) is 8.43. The van der Waals surface area contributed by atoms with Gasteiger partial charge < -0.3 is 4.90 Å². The molecule has 7 heteroatoms. The molecule has 3 nitrogen and oxygen atoms in total. The van der Waals surface area contributed by atoms with Crippen LogP contribution in [0.5, 0.6) is 0 Å². The van der Waals surface area contributed by atoms with Gasteiger partial charge in [-0.25, -0.2) is 0 Å². The normalized spacial score (nSPS) is 11.7. The van der Waals surface area contributed by atoms with E-state index in [9.17, 15) is 0 Å². The highest BCUT2D eigenvalue weighted by Crippen LogP contribution is 2.43. The smallest absolute Gasteiger partial charge is 0.0848 e. The van der Waals surface area contributed by atoms with Crippen molar-refractivity contribution in [1.29, 1.82) is 0 Å². The zero-order valence-electron chi connectivity index (χ0n) is 9.85. The maximum atomic E-state index is 4.46. The first-order valence-electron chi connectivity index (χ1n) is 5.25. The molecule has 98 valence electrons. The minimum Gasteiger partial charge on any atom is -0.308 e. The van der Waals surface area contributed by atoms with Crippen LogP contribution in [-0.2, 0) is 6.54 Å². The van der Waals surface area contributed by atoms with Gasteiger partial charge in [-0.3, -0.25) is 4.68 Å². The third-order valence-corrected chi connectivity index (χ3v) is 7.40. The number of hydrogen-bond acceptors (Lipinski definition) is 2. The van der Waals surface area contributed by atoms with Crippen LogP contribution in [0.2, 0.25) is 0 Å². The second-order valence-corrected chi connectivity index (χ2v) is 7.36. The van der Waals surface area contributed by atoms with Gasteiger partial charge in [0.05, 0.1) is 22.7 Å². The summed E-state index contributed by atoms with van der Waals surface area (Å²) in [6.45, 7) is 1.81. The van der Waals surface area contributed by atoms with E-state index in [1.165, 1.54) is 0 Å². The lowest BCUT2D eigenvalue weighted by molar-refractivity contribution is 0.376. The van der Waals surface area contributed by atoms with Crippen molar-refractivity contribution in [2.75, 3.05) is 20.6 Å². The Labute approximate surface area is 139 Å². The minimum atomic E-state index is 0.857. The van der Waals surface area contributed by atoms with E-state index in [4.69, 9.17) is 0 Å². The highest BCUT2D eigenvalue weighted by atomic mass is 79.9. The second-order valence-electron chi connectivity index (χ2n) is 4.19. The van der Waals surface area contributed by atoms with Crippen LogP contribution in [-0.4, -0.2) is 35.3 Å². The molecule has 0 N–H and O–H groups in total. The van der Waals surface area contributed by atoms with Gasteiger partial charge in [0.25, 0.3) is 0 Å². The van der Waals surface area contributed by atoms with Crippen LogP contribution in [0.4, 0.5) is 0 Å². The Bertz CT molecular complexity index is 592. The lowest BCUT2D eigenvalue weighted by Gasteiger charge is -2.12. The quantitative estimate of drug-likeness (QED) is 0.448. The monoisotopic (exact) mass is 501 g/mol. The van der Waals surface area contributed by atoms with Gasteiger partial charge in [-0.15, -0.1) is 0 Å². The fourth-order valence-electron chi connectivity index (χ4n) is 1.66. The van der Waals surface area contributed by atoms with Gasteiger partial charge in [-0.2, -0.15) is 5.10 Å². The SMILES string of the molecule is CN(C)CCn1ncc2c(Br)c(Br)c(Br)c(Br)c21. The molecule has 0 spiro atoms. The van der Waals surface area contributed by atoms with E-state index in [-0.39, 0.29) is 0 Å². The van der Waals surface area contributed by atoms with E-state index < -0.39 is 0 Å². The summed E-state index contributed by atoms with van der Waals surface area (Å²) in [5.74, 6) is 0.